The first-order valence-electron chi connectivity index (χ1n) is 5.11. The van der Waals surface area contributed by atoms with Gasteiger partial charge in [-0.2, -0.15) is 0 Å². The molecule has 1 aromatic heterocycles. The van der Waals surface area contributed by atoms with Gasteiger partial charge in [0.25, 0.3) is 0 Å². The van der Waals surface area contributed by atoms with E-state index in [1.165, 1.54) is 12.1 Å². The van der Waals surface area contributed by atoms with E-state index in [1.807, 2.05) is 13.8 Å². The summed E-state index contributed by atoms with van der Waals surface area (Å²) < 4.78 is 29.3. The van der Waals surface area contributed by atoms with Crippen LogP contribution in [0.3, 0.4) is 0 Å². The molecule has 0 atom stereocenters. The number of hydrogen-bond acceptors (Lipinski definition) is 1. The molecule has 5 heteroatoms. The zero-order valence-corrected chi connectivity index (χ0v) is 11.1. The van der Waals surface area contributed by atoms with Crippen molar-refractivity contribution >= 4 is 15.9 Å². The largest absolute Gasteiger partial charge is 0.330 e. The zero-order chi connectivity index (χ0) is 12.6. The van der Waals surface area contributed by atoms with Crippen molar-refractivity contribution in [2.45, 2.75) is 20.4 Å². The van der Waals surface area contributed by atoms with E-state index in [0.717, 1.165) is 11.4 Å². The van der Waals surface area contributed by atoms with Crippen LogP contribution in [0, 0.1) is 25.5 Å². The molecule has 0 saturated carbocycles. The Hall–Kier alpha value is -1.23. The Morgan fingerprint density at radius 3 is 2.59 bits per heavy atom. The van der Waals surface area contributed by atoms with Gasteiger partial charge in [0.1, 0.15) is 11.6 Å². The minimum atomic E-state index is -0.559. The molecule has 2 aromatic rings. The molecule has 0 amide bonds. The average Bonchev–Trinajstić information content (AvgIpc) is 2.61. The van der Waals surface area contributed by atoms with Crippen LogP contribution in [0.2, 0.25) is 0 Å². The van der Waals surface area contributed by atoms with Gasteiger partial charge in [-0.25, -0.2) is 13.8 Å². The second kappa shape index (κ2) is 4.56. The van der Waals surface area contributed by atoms with Gasteiger partial charge in [0.15, 0.2) is 0 Å². The Bertz CT molecular complexity index is 564. The van der Waals surface area contributed by atoms with Crippen molar-refractivity contribution in [1.82, 2.24) is 9.55 Å². The van der Waals surface area contributed by atoms with Crippen molar-refractivity contribution in [2.24, 2.45) is 0 Å². The second-order valence-corrected chi connectivity index (χ2v) is 4.72. The molecule has 0 spiro atoms. The second-order valence-electron chi connectivity index (χ2n) is 3.87. The van der Waals surface area contributed by atoms with Gasteiger partial charge >= 0.3 is 0 Å². The zero-order valence-electron chi connectivity index (χ0n) is 9.47. The minimum absolute atomic E-state index is 0.0416. The average molecular weight is 301 g/mol. The fourth-order valence-electron chi connectivity index (χ4n) is 1.59. The topological polar surface area (TPSA) is 17.8 Å². The molecule has 90 valence electrons. The van der Waals surface area contributed by atoms with Crippen molar-refractivity contribution in [3.63, 3.8) is 0 Å². The summed E-state index contributed by atoms with van der Waals surface area (Å²) in [5.41, 5.74) is 1.81. The van der Waals surface area contributed by atoms with Crippen LogP contribution in [0.1, 0.15) is 17.0 Å². The molecule has 0 N–H and O–H groups in total. The van der Waals surface area contributed by atoms with E-state index < -0.39 is 11.6 Å². The van der Waals surface area contributed by atoms with Gasteiger partial charge < -0.3 is 4.57 Å². The lowest BCUT2D eigenvalue weighted by Gasteiger charge is -2.09. The highest BCUT2D eigenvalue weighted by Crippen LogP contribution is 2.23. The molecule has 2 nitrogen and oxygen atoms in total. The van der Waals surface area contributed by atoms with E-state index in [1.54, 1.807) is 10.9 Å². The highest BCUT2D eigenvalue weighted by Gasteiger charge is 2.14. The molecule has 1 aromatic carbocycles. The Kier molecular flexibility index (Phi) is 3.28. The van der Waals surface area contributed by atoms with Gasteiger partial charge in [-0.15, -0.1) is 0 Å². The molecule has 0 radical (unpaired) electrons. The van der Waals surface area contributed by atoms with Crippen molar-refractivity contribution in [3.8, 4) is 0 Å². The van der Waals surface area contributed by atoms with Crippen LogP contribution in [-0.4, -0.2) is 9.55 Å². The predicted octanol–water partition coefficient (Wildman–Crippen LogP) is 3.59. The van der Waals surface area contributed by atoms with Gasteiger partial charge in [0.05, 0.1) is 23.0 Å². The first-order valence-corrected chi connectivity index (χ1v) is 5.90. The summed E-state index contributed by atoms with van der Waals surface area (Å²) in [6.45, 7) is 3.87. The van der Waals surface area contributed by atoms with Gasteiger partial charge in [0.2, 0.25) is 0 Å². The molecule has 0 aliphatic carbocycles. The maximum absolute atomic E-state index is 13.8. The summed E-state index contributed by atoms with van der Waals surface area (Å²) in [5.74, 6) is -1.10. The summed E-state index contributed by atoms with van der Waals surface area (Å²) in [4.78, 5) is 4.10. The normalized spacial score (nSPS) is 10.9. The summed E-state index contributed by atoms with van der Waals surface area (Å²) in [7, 11) is 0. The smallest absolute Gasteiger partial charge is 0.145 e. The van der Waals surface area contributed by atoms with Crippen molar-refractivity contribution < 1.29 is 8.78 Å². The minimum Gasteiger partial charge on any atom is -0.330 e. The summed E-state index contributed by atoms with van der Waals surface area (Å²) in [6.07, 6.45) is 1.59. The van der Waals surface area contributed by atoms with Gasteiger partial charge in [-0.1, -0.05) is 0 Å². The number of imidazole rings is 1. The van der Waals surface area contributed by atoms with E-state index in [2.05, 4.69) is 20.9 Å². The fraction of sp³-hybridized carbons (Fsp3) is 0.250. The van der Waals surface area contributed by atoms with Gasteiger partial charge in [0, 0.05) is 11.3 Å². The molecular weight excluding hydrogens is 290 g/mol. The molecule has 1 heterocycles. The van der Waals surface area contributed by atoms with Gasteiger partial charge in [-0.3, -0.25) is 0 Å². The lowest BCUT2D eigenvalue weighted by atomic mass is 10.2. The van der Waals surface area contributed by atoms with Crippen LogP contribution in [0.5, 0.6) is 0 Å². The SMILES string of the molecule is Cc1ncn(Cc2c(F)ccc(Br)c2F)c1C. The number of nitrogens with zero attached hydrogens (tertiary/aromatic N) is 2. The van der Waals surface area contributed by atoms with E-state index in [-0.39, 0.29) is 16.6 Å². The molecule has 0 bridgehead atoms. The monoisotopic (exact) mass is 300 g/mol. The van der Waals surface area contributed by atoms with E-state index in [4.69, 9.17) is 0 Å². The lowest BCUT2D eigenvalue weighted by molar-refractivity contribution is 0.539. The molecule has 17 heavy (non-hydrogen) atoms. The Morgan fingerprint density at radius 1 is 1.29 bits per heavy atom. The molecule has 2 rings (SSSR count). The van der Waals surface area contributed by atoms with E-state index >= 15 is 0 Å². The number of rotatable bonds is 2. The van der Waals surface area contributed by atoms with Crippen molar-refractivity contribution in [2.75, 3.05) is 0 Å². The van der Waals surface area contributed by atoms with E-state index in [9.17, 15) is 8.78 Å². The summed E-state index contributed by atoms with van der Waals surface area (Å²) in [5, 5.41) is 0. The molecular formula is C12H11BrF2N2. The molecule has 0 aliphatic heterocycles. The quantitative estimate of drug-likeness (QED) is 0.775. The third-order valence-corrected chi connectivity index (χ3v) is 3.43. The Morgan fingerprint density at radius 2 is 2.00 bits per heavy atom. The van der Waals surface area contributed by atoms with Crippen LogP contribution in [-0.2, 0) is 6.54 Å². The van der Waals surface area contributed by atoms with Crippen LogP contribution in [0.15, 0.2) is 22.9 Å². The number of aromatic nitrogens is 2. The van der Waals surface area contributed by atoms with E-state index in [0.29, 0.717) is 0 Å². The maximum Gasteiger partial charge on any atom is 0.145 e. The molecule has 0 unspecified atom stereocenters. The first-order chi connectivity index (χ1) is 8.00. The van der Waals surface area contributed by atoms with Crippen LogP contribution in [0.25, 0.3) is 0 Å². The number of halogens is 3. The first kappa shape index (κ1) is 12.2. The van der Waals surface area contributed by atoms with Crippen molar-refractivity contribution in [1.29, 1.82) is 0 Å². The van der Waals surface area contributed by atoms with Crippen molar-refractivity contribution in [3.05, 3.63) is 51.5 Å². The molecule has 0 aliphatic rings. The fourth-order valence-corrected chi connectivity index (χ4v) is 1.96. The third-order valence-electron chi connectivity index (χ3n) is 2.81. The summed E-state index contributed by atoms with van der Waals surface area (Å²) in [6, 6.07) is 2.61. The van der Waals surface area contributed by atoms with Gasteiger partial charge in [-0.05, 0) is 41.9 Å². The number of benzene rings is 1. The lowest BCUT2D eigenvalue weighted by Crippen LogP contribution is -2.06. The molecule has 0 fully saturated rings. The van der Waals surface area contributed by atoms with Crippen LogP contribution < -0.4 is 0 Å². The standard InChI is InChI=1S/C12H11BrF2N2/c1-7-8(2)17(6-16-7)5-9-11(14)4-3-10(13)12(9)15/h3-4,6H,5H2,1-2H3. The maximum atomic E-state index is 13.8. The highest BCUT2D eigenvalue weighted by atomic mass is 79.9. The molecule has 0 saturated heterocycles. The Labute approximate surface area is 106 Å². The Balaban J connectivity index is 2.43. The predicted molar refractivity (Wildman–Crippen MR) is 64.9 cm³/mol. The number of aryl methyl sites for hydroxylation is 1. The number of hydrogen-bond donors (Lipinski definition) is 0. The van der Waals surface area contributed by atoms with Crippen LogP contribution in [0.4, 0.5) is 8.78 Å². The highest BCUT2D eigenvalue weighted by molar-refractivity contribution is 9.10. The van der Waals surface area contributed by atoms with Crippen LogP contribution >= 0.6 is 15.9 Å². The summed E-state index contributed by atoms with van der Waals surface area (Å²) >= 11 is 3.05. The third kappa shape index (κ3) is 2.24.